The van der Waals surface area contributed by atoms with Gasteiger partial charge in [0.25, 0.3) is 0 Å². The number of nitriles is 1. The smallest absolute Gasteiger partial charge is 0.313 e. The van der Waals surface area contributed by atoms with E-state index in [1.807, 2.05) is 69.3 Å². The van der Waals surface area contributed by atoms with Crippen molar-refractivity contribution in [3.63, 3.8) is 0 Å². The Morgan fingerprint density at radius 1 is 1.17 bits per heavy atom. The van der Waals surface area contributed by atoms with Gasteiger partial charge in [0, 0.05) is 6.42 Å². The summed E-state index contributed by atoms with van der Waals surface area (Å²) in [7, 11) is 0. The lowest BCUT2D eigenvalue weighted by atomic mass is 10.00. The molecule has 2 aromatic rings. The summed E-state index contributed by atoms with van der Waals surface area (Å²) in [6.07, 6.45) is 0.542. The van der Waals surface area contributed by atoms with Crippen molar-refractivity contribution in [2.24, 2.45) is 11.7 Å². The zero-order valence-corrected chi connectivity index (χ0v) is 14.2. The molecule has 24 heavy (non-hydrogen) atoms. The zero-order chi connectivity index (χ0) is 17.7. The number of benzene rings is 2. The average Bonchev–Trinajstić information content (AvgIpc) is 2.57. The lowest BCUT2D eigenvalue weighted by Crippen LogP contribution is -2.19. The molecule has 2 aromatic carbocycles. The number of nitrogens with zero attached hydrogens (tertiary/aromatic N) is 1. The van der Waals surface area contributed by atoms with Crippen LogP contribution in [-0.2, 0) is 11.2 Å². The van der Waals surface area contributed by atoms with Crippen LogP contribution in [0.1, 0.15) is 25.0 Å². The maximum Gasteiger partial charge on any atom is 0.313 e. The van der Waals surface area contributed by atoms with Crippen molar-refractivity contribution in [3.05, 3.63) is 53.6 Å². The third-order valence-electron chi connectivity index (χ3n) is 3.77. The number of aryl methyl sites for hydroxylation is 1. The number of hydrogen-bond acceptors (Lipinski definition) is 4. The Morgan fingerprint density at radius 3 is 2.33 bits per heavy atom. The molecule has 0 amide bonds. The van der Waals surface area contributed by atoms with Crippen molar-refractivity contribution < 1.29 is 9.53 Å². The van der Waals surface area contributed by atoms with Gasteiger partial charge in [-0.1, -0.05) is 44.2 Å². The van der Waals surface area contributed by atoms with Gasteiger partial charge in [0.2, 0.25) is 0 Å². The van der Waals surface area contributed by atoms with Crippen LogP contribution in [-0.4, -0.2) is 12.0 Å². The summed E-state index contributed by atoms with van der Waals surface area (Å²) in [5.74, 6) is 0.203. The van der Waals surface area contributed by atoms with Crippen molar-refractivity contribution in [1.82, 2.24) is 0 Å². The molecule has 0 aliphatic heterocycles. The summed E-state index contributed by atoms with van der Waals surface area (Å²) < 4.78 is 5.39. The Labute approximate surface area is 142 Å². The molecule has 0 bridgehead atoms. The normalized spacial score (nSPS) is 11.8. The standard InChI is InChI=1S/C20H22N2O2/c1-13(2)20(23)24-19-9-8-17(10-14(19)3)16-6-4-15(5-7-16)11-18(22)12-21/h4-10,13,18H,11,22H2,1-3H3. The Bertz CT molecular complexity index is 758. The molecular weight excluding hydrogens is 300 g/mol. The van der Waals surface area contributed by atoms with Gasteiger partial charge in [0.15, 0.2) is 0 Å². The molecular formula is C20H22N2O2. The Hall–Kier alpha value is -2.64. The lowest BCUT2D eigenvalue weighted by Gasteiger charge is -2.11. The molecule has 4 heteroatoms. The van der Waals surface area contributed by atoms with Gasteiger partial charge in [-0.2, -0.15) is 5.26 Å². The minimum Gasteiger partial charge on any atom is -0.426 e. The highest BCUT2D eigenvalue weighted by atomic mass is 16.5. The molecule has 4 nitrogen and oxygen atoms in total. The van der Waals surface area contributed by atoms with Crippen LogP contribution in [0, 0.1) is 24.2 Å². The number of esters is 1. The van der Waals surface area contributed by atoms with Crippen LogP contribution in [0.2, 0.25) is 0 Å². The van der Waals surface area contributed by atoms with E-state index in [1.54, 1.807) is 0 Å². The topological polar surface area (TPSA) is 76.1 Å². The van der Waals surface area contributed by atoms with E-state index >= 15 is 0 Å². The zero-order valence-electron chi connectivity index (χ0n) is 14.2. The average molecular weight is 322 g/mol. The van der Waals surface area contributed by atoms with E-state index in [2.05, 4.69) is 0 Å². The van der Waals surface area contributed by atoms with Gasteiger partial charge in [-0.15, -0.1) is 0 Å². The summed E-state index contributed by atoms with van der Waals surface area (Å²) in [5.41, 5.74) is 9.71. The van der Waals surface area contributed by atoms with Gasteiger partial charge in [0.1, 0.15) is 5.75 Å². The highest BCUT2D eigenvalue weighted by molar-refractivity contribution is 5.75. The highest BCUT2D eigenvalue weighted by Crippen LogP contribution is 2.27. The minimum atomic E-state index is -0.479. The molecule has 0 saturated carbocycles. The number of rotatable bonds is 5. The second-order valence-corrected chi connectivity index (χ2v) is 6.19. The van der Waals surface area contributed by atoms with E-state index in [9.17, 15) is 4.79 Å². The first-order valence-corrected chi connectivity index (χ1v) is 7.97. The van der Waals surface area contributed by atoms with Crippen LogP contribution in [0.25, 0.3) is 11.1 Å². The third-order valence-corrected chi connectivity index (χ3v) is 3.77. The molecule has 0 aliphatic rings. The molecule has 2 N–H and O–H groups in total. The van der Waals surface area contributed by atoms with Gasteiger partial charge in [-0.05, 0) is 41.3 Å². The van der Waals surface area contributed by atoms with E-state index in [0.717, 1.165) is 22.3 Å². The van der Waals surface area contributed by atoms with Crippen LogP contribution in [0.4, 0.5) is 0 Å². The van der Waals surface area contributed by atoms with E-state index in [0.29, 0.717) is 12.2 Å². The first kappa shape index (κ1) is 17.7. The first-order chi connectivity index (χ1) is 11.4. The molecule has 0 fully saturated rings. The molecule has 0 aromatic heterocycles. The number of nitrogens with two attached hydrogens (primary N) is 1. The van der Waals surface area contributed by atoms with Crippen molar-refractivity contribution in [2.75, 3.05) is 0 Å². The van der Waals surface area contributed by atoms with Gasteiger partial charge in [-0.3, -0.25) is 4.79 Å². The second kappa shape index (κ2) is 7.76. The molecule has 1 unspecified atom stereocenters. The van der Waals surface area contributed by atoms with Crippen LogP contribution in [0.15, 0.2) is 42.5 Å². The number of ether oxygens (including phenoxy) is 1. The maximum atomic E-state index is 11.7. The minimum absolute atomic E-state index is 0.156. The molecule has 0 saturated heterocycles. The summed E-state index contributed by atoms with van der Waals surface area (Å²) in [5, 5.41) is 8.77. The fraction of sp³-hybridized carbons (Fsp3) is 0.300. The molecule has 0 radical (unpaired) electrons. The molecule has 2 rings (SSSR count). The quantitative estimate of drug-likeness (QED) is 0.674. The van der Waals surface area contributed by atoms with Crippen LogP contribution in [0.5, 0.6) is 5.75 Å². The molecule has 0 spiro atoms. The van der Waals surface area contributed by atoms with Gasteiger partial charge in [0.05, 0.1) is 18.0 Å². The highest BCUT2D eigenvalue weighted by Gasteiger charge is 2.12. The van der Waals surface area contributed by atoms with E-state index in [4.69, 9.17) is 15.7 Å². The largest absolute Gasteiger partial charge is 0.426 e. The first-order valence-electron chi connectivity index (χ1n) is 7.97. The van der Waals surface area contributed by atoms with E-state index in [1.165, 1.54) is 0 Å². The monoisotopic (exact) mass is 322 g/mol. The summed E-state index contributed by atoms with van der Waals surface area (Å²) in [4.78, 5) is 11.7. The van der Waals surface area contributed by atoms with Gasteiger partial charge >= 0.3 is 5.97 Å². The maximum absolute atomic E-state index is 11.7. The predicted molar refractivity (Wildman–Crippen MR) is 94.4 cm³/mol. The Kier molecular flexibility index (Phi) is 5.73. The van der Waals surface area contributed by atoms with E-state index < -0.39 is 6.04 Å². The van der Waals surface area contributed by atoms with Crippen molar-refractivity contribution in [3.8, 4) is 22.9 Å². The van der Waals surface area contributed by atoms with Crippen molar-refractivity contribution in [1.29, 1.82) is 5.26 Å². The van der Waals surface area contributed by atoms with Crippen molar-refractivity contribution >= 4 is 5.97 Å². The summed E-state index contributed by atoms with van der Waals surface area (Å²) in [6.45, 7) is 5.55. The number of carbonyl (C=O) groups is 1. The van der Waals surface area contributed by atoms with Gasteiger partial charge < -0.3 is 10.5 Å². The predicted octanol–water partition coefficient (Wildman–Crippen LogP) is 3.62. The molecule has 124 valence electrons. The molecule has 1 atom stereocenters. The molecule has 0 heterocycles. The fourth-order valence-electron chi connectivity index (χ4n) is 2.30. The van der Waals surface area contributed by atoms with Crippen LogP contribution < -0.4 is 10.5 Å². The SMILES string of the molecule is Cc1cc(-c2ccc(CC(N)C#N)cc2)ccc1OC(=O)C(C)C. The van der Waals surface area contributed by atoms with Crippen LogP contribution >= 0.6 is 0 Å². The number of hydrogen-bond donors (Lipinski definition) is 1. The van der Waals surface area contributed by atoms with Crippen molar-refractivity contribution in [2.45, 2.75) is 33.2 Å². The molecule has 0 aliphatic carbocycles. The summed E-state index contributed by atoms with van der Waals surface area (Å²) in [6, 6.07) is 15.3. The van der Waals surface area contributed by atoms with E-state index in [-0.39, 0.29) is 11.9 Å². The third kappa shape index (κ3) is 4.43. The lowest BCUT2D eigenvalue weighted by molar-refractivity contribution is -0.137. The van der Waals surface area contributed by atoms with Gasteiger partial charge in [-0.25, -0.2) is 0 Å². The fourth-order valence-corrected chi connectivity index (χ4v) is 2.30. The van der Waals surface area contributed by atoms with Crippen LogP contribution in [0.3, 0.4) is 0 Å². The second-order valence-electron chi connectivity index (χ2n) is 6.19. The summed E-state index contributed by atoms with van der Waals surface area (Å²) >= 11 is 0. The number of carbonyl (C=O) groups excluding carboxylic acids is 1. The Morgan fingerprint density at radius 2 is 1.79 bits per heavy atom. The Balaban J connectivity index is 2.17.